The minimum Gasteiger partial charge on any atom is -0.477 e. The van der Waals surface area contributed by atoms with Gasteiger partial charge in [0.2, 0.25) is 11.8 Å². The van der Waals surface area contributed by atoms with Crippen molar-refractivity contribution in [3.05, 3.63) is 15.6 Å². The number of carboxylic acids is 1. The molecule has 2 atom stereocenters. The van der Waals surface area contributed by atoms with Gasteiger partial charge in [0.25, 0.3) is 0 Å². The predicted molar refractivity (Wildman–Crippen MR) is 87.4 cm³/mol. The summed E-state index contributed by atoms with van der Waals surface area (Å²) in [5, 5.41) is 14.9. The van der Waals surface area contributed by atoms with Gasteiger partial charge in [0.1, 0.15) is 15.9 Å². The van der Waals surface area contributed by atoms with E-state index in [1.165, 1.54) is 0 Å². The van der Waals surface area contributed by atoms with Crippen LogP contribution in [0.4, 0.5) is 0 Å². The molecule has 0 aliphatic carbocycles. The number of aryl methyl sites for hydroxylation is 1. The molecule has 23 heavy (non-hydrogen) atoms. The minimum absolute atomic E-state index is 0.162. The van der Waals surface area contributed by atoms with Gasteiger partial charge in [-0.1, -0.05) is 20.8 Å². The Labute approximate surface area is 139 Å². The van der Waals surface area contributed by atoms with Gasteiger partial charge in [-0.15, -0.1) is 11.3 Å². The fourth-order valence-corrected chi connectivity index (χ4v) is 2.59. The van der Waals surface area contributed by atoms with Crippen molar-refractivity contribution in [1.29, 1.82) is 0 Å². The third kappa shape index (κ3) is 5.02. The number of nitrogens with one attached hydrogen (secondary N) is 2. The lowest BCUT2D eigenvalue weighted by Crippen LogP contribution is -2.48. The summed E-state index contributed by atoms with van der Waals surface area (Å²) in [4.78, 5) is 39.4. The van der Waals surface area contributed by atoms with Crippen LogP contribution in [0.2, 0.25) is 0 Å². The van der Waals surface area contributed by atoms with Crippen LogP contribution in [0, 0.1) is 12.3 Å². The average molecular weight is 341 g/mol. The topological polar surface area (TPSA) is 108 Å². The van der Waals surface area contributed by atoms with E-state index in [4.69, 9.17) is 5.11 Å². The molecule has 7 nitrogen and oxygen atoms in total. The number of amides is 2. The monoisotopic (exact) mass is 341 g/mol. The largest absolute Gasteiger partial charge is 0.477 e. The number of carbonyl (C=O) groups excluding carboxylic acids is 2. The number of carbonyl (C=O) groups is 3. The summed E-state index contributed by atoms with van der Waals surface area (Å²) in [6.07, 6.45) is 0. The fraction of sp³-hybridized carbons (Fsp3) is 0.600. The lowest BCUT2D eigenvalue weighted by Gasteiger charge is -2.22. The molecule has 0 radical (unpaired) electrons. The molecule has 8 heteroatoms. The van der Waals surface area contributed by atoms with Crippen LogP contribution in [-0.2, 0) is 9.59 Å². The second-order valence-electron chi connectivity index (χ2n) is 6.45. The summed E-state index contributed by atoms with van der Waals surface area (Å²) < 4.78 is 0. The number of aromatic nitrogens is 1. The van der Waals surface area contributed by atoms with E-state index < -0.39 is 23.5 Å². The second-order valence-corrected chi connectivity index (χ2v) is 7.48. The maximum Gasteiger partial charge on any atom is 0.347 e. The third-order valence-corrected chi connectivity index (χ3v) is 4.49. The molecule has 0 bridgehead atoms. The summed E-state index contributed by atoms with van der Waals surface area (Å²) in [6.45, 7) is 10.2. The minimum atomic E-state index is -1.03. The number of carboxylic acid groups (broad SMARTS) is 1. The normalized spacial score (nSPS) is 14.0. The molecule has 1 rings (SSSR count). The number of hydrogen-bond donors (Lipinski definition) is 3. The van der Waals surface area contributed by atoms with Crippen LogP contribution < -0.4 is 10.6 Å². The SMILES string of the molecule is Cc1nc(C(C)NC(=O)C(C)NC(=O)C(C)(C)C)sc1C(=O)O. The van der Waals surface area contributed by atoms with E-state index >= 15 is 0 Å². The Kier molecular flexibility index (Phi) is 5.87. The Morgan fingerprint density at radius 2 is 1.74 bits per heavy atom. The van der Waals surface area contributed by atoms with Crippen molar-refractivity contribution in [3.63, 3.8) is 0 Å². The number of thiazole rings is 1. The maximum atomic E-state index is 12.1. The molecule has 0 spiro atoms. The van der Waals surface area contributed by atoms with E-state index in [1.807, 2.05) is 0 Å². The molecule has 2 amide bonds. The summed E-state index contributed by atoms with van der Waals surface area (Å²) in [6, 6.07) is -1.13. The van der Waals surface area contributed by atoms with Crippen molar-refractivity contribution in [2.24, 2.45) is 5.41 Å². The fourth-order valence-electron chi connectivity index (χ4n) is 1.68. The van der Waals surface area contributed by atoms with Crippen molar-refractivity contribution >= 4 is 29.1 Å². The van der Waals surface area contributed by atoms with Gasteiger partial charge >= 0.3 is 5.97 Å². The summed E-state index contributed by atoms with van der Waals surface area (Å²) >= 11 is 1.03. The highest BCUT2D eigenvalue weighted by Gasteiger charge is 2.26. The van der Waals surface area contributed by atoms with Gasteiger partial charge in [0.15, 0.2) is 0 Å². The van der Waals surface area contributed by atoms with Crippen LogP contribution >= 0.6 is 11.3 Å². The Hall–Kier alpha value is -1.96. The highest BCUT2D eigenvalue weighted by atomic mass is 32.1. The summed E-state index contributed by atoms with van der Waals surface area (Å²) in [5.41, 5.74) is -0.157. The molecule has 128 valence electrons. The zero-order valence-electron chi connectivity index (χ0n) is 14.2. The standard InChI is InChI=1S/C15H23N3O4S/c1-7-10(13(20)21)23-12(17-7)9(3)16-11(19)8(2)18-14(22)15(4,5)6/h8-9H,1-6H3,(H,16,19)(H,18,22)(H,20,21). The zero-order chi connectivity index (χ0) is 17.9. The number of hydrogen-bond acceptors (Lipinski definition) is 5. The van der Waals surface area contributed by atoms with Crippen LogP contribution in [-0.4, -0.2) is 33.9 Å². The zero-order valence-corrected chi connectivity index (χ0v) is 15.0. The van der Waals surface area contributed by atoms with Crippen molar-refractivity contribution < 1.29 is 19.5 Å². The molecule has 1 aromatic rings. The van der Waals surface area contributed by atoms with E-state index in [0.29, 0.717) is 10.7 Å². The van der Waals surface area contributed by atoms with Crippen LogP contribution in [0.15, 0.2) is 0 Å². The molecule has 2 unspecified atom stereocenters. The summed E-state index contributed by atoms with van der Waals surface area (Å²) in [7, 11) is 0. The van der Waals surface area contributed by atoms with Gasteiger partial charge in [0, 0.05) is 5.41 Å². The number of aromatic carboxylic acids is 1. The van der Waals surface area contributed by atoms with Crippen LogP contribution in [0.25, 0.3) is 0 Å². The van der Waals surface area contributed by atoms with Crippen LogP contribution in [0.3, 0.4) is 0 Å². The van der Waals surface area contributed by atoms with E-state index in [9.17, 15) is 14.4 Å². The van der Waals surface area contributed by atoms with Gasteiger partial charge < -0.3 is 15.7 Å². The second kappa shape index (κ2) is 7.08. The summed E-state index contributed by atoms with van der Waals surface area (Å²) in [5.74, 6) is -1.60. The highest BCUT2D eigenvalue weighted by molar-refractivity contribution is 7.13. The molecule has 1 heterocycles. The number of nitrogens with zero attached hydrogens (tertiary/aromatic N) is 1. The Morgan fingerprint density at radius 3 is 2.17 bits per heavy atom. The maximum absolute atomic E-state index is 12.1. The molecule has 3 N–H and O–H groups in total. The quantitative estimate of drug-likeness (QED) is 0.758. The average Bonchev–Trinajstić information content (AvgIpc) is 2.79. The van der Waals surface area contributed by atoms with Gasteiger partial charge in [-0.2, -0.15) is 0 Å². The first-order valence-electron chi connectivity index (χ1n) is 7.25. The van der Waals surface area contributed by atoms with E-state index in [0.717, 1.165) is 11.3 Å². The molecule has 0 aromatic carbocycles. The van der Waals surface area contributed by atoms with E-state index in [1.54, 1.807) is 41.5 Å². The van der Waals surface area contributed by atoms with Crippen molar-refractivity contribution in [2.75, 3.05) is 0 Å². The molecule has 0 fully saturated rings. The Balaban J connectivity index is 2.71. The smallest absolute Gasteiger partial charge is 0.347 e. The molecule has 0 aliphatic rings. The first-order valence-corrected chi connectivity index (χ1v) is 8.07. The number of rotatable bonds is 5. The molecule has 1 aromatic heterocycles. The van der Waals surface area contributed by atoms with Gasteiger partial charge in [0.05, 0.1) is 11.7 Å². The molecule has 0 aliphatic heterocycles. The van der Waals surface area contributed by atoms with Gasteiger partial charge in [-0.3, -0.25) is 9.59 Å². The van der Waals surface area contributed by atoms with E-state index in [-0.39, 0.29) is 16.7 Å². The van der Waals surface area contributed by atoms with Gasteiger partial charge in [-0.25, -0.2) is 9.78 Å². The van der Waals surface area contributed by atoms with Crippen LogP contribution in [0.1, 0.15) is 61.0 Å². The van der Waals surface area contributed by atoms with Gasteiger partial charge in [-0.05, 0) is 20.8 Å². The lowest BCUT2D eigenvalue weighted by atomic mass is 9.95. The Morgan fingerprint density at radius 1 is 1.17 bits per heavy atom. The Bertz CT molecular complexity index is 619. The van der Waals surface area contributed by atoms with Crippen molar-refractivity contribution in [1.82, 2.24) is 15.6 Å². The first kappa shape index (κ1) is 19.1. The molecule has 0 saturated heterocycles. The van der Waals surface area contributed by atoms with E-state index in [2.05, 4.69) is 15.6 Å². The lowest BCUT2D eigenvalue weighted by molar-refractivity contribution is -0.133. The first-order chi connectivity index (χ1) is 10.4. The predicted octanol–water partition coefficient (Wildman–Crippen LogP) is 1.88. The molecule has 0 saturated carbocycles. The molecular formula is C15H23N3O4S. The van der Waals surface area contributed by atoms with Crippen LogP contribution in [0.5, 0.6) is 0 Å². The van der Waals surface area contributed by atoms with Crippen molar-refractivity contribution in [3.8, 4) is 0 Å². The molecular weight excluding hydrogens is 318 g/mol. The van der Waals surface area contributed by atoms with Crippen molar-refractivity contribution in [2.45, 2.75) is 53.6 Å². The highest BCUT2D eigenvalue weighted by Crippen LogP contribution is 2.23. The third-order valence-electron chi connectivity index (χ3n) is 3.16.